The summed E-state index contributed by atoms with van der Waals surface area (Å²) in [5, 5.41) is 5.72. The number of amides is 1. The number of hydrogen-bond acceptors (Lipinski definition) is 7. The van der Waals surface area contributed by atoms with Crippen molar-refractivity contribution in [2.75, 3.05) is 18.5 Å². The lowest BCUT2D eigenvalue weighted by Crippen LogP contribution is -2.31. The third-order valence-electron chi connectivity index (χ3n) is 4.94. The lowest BCUT2D eigenvalue weighted by molar-refractivity contribution is -0.146. The minimum Gasteiger partial charge on any atom is -0.469 e. The summed E-state index contributed by atoms with van der Waals surface area (Å²) in [6, 6.07) is 3.48. The van der Waals surface area contributed by atoms with Gasteiger partial charge in [0.1, 0.15) is 36.4 Å². The highest BCUT2D eigenvalue weighted by atomic mass is 19.3. The Hall–Kier alpha value is -3.68. The monoisotopic (exact) mass is 502 g/mol. The molecule has 186 valence electrons. The van der Waals surface area contributed by atoms with Gasteiger partial charge in [-0.1, -0.05) is 0 Å². The first kappa shape index (κ1) is 24.4. The first-order valence-corrected chi connectivity index (χ1v) is 10.1. The van der Waals surface area contributed by atoms with E-state index < -0.39 is 67.3 Å². The Labute approximate surface area is 193 Å². The topological polar surface area (TPSA) is 99.4 Å². The van der Waals surface area contributed by atoms with E-state index in [0.29, 0.717) is 0 Å². The second kappa shape index (κ2) is 9.90. The van der Waals surface area contributed by atoms with Crippen molar-refractivity contribution in [1.29, 1.82) is 0 Å². The molecule has 3 aromatic rings. The van der Waals surface area contributed by atoms with Crippen molar-refractivity contribution in [3.63, 3.8) is 0 Å². The highest BCUT2D eigenvalue weighted by Crippen LogP contribution is 2.40. The van der Waals surface area contributed by atoms with Crippen LogP contribution in [-0.4, -0.2) is 46.6 Å². The smallest absolute Gasteiger partial charge is 0.294 e. The average molecular weight is 502 g/mol. The lowest BCUT2D eigenvalue weighted by Gasteiger charge is -2.29. The van der Waals surface area contributed by atoms with E-state index in [0.717, 1.165) is 30.6 Å². The van der Waals surface area contributed by atoms with Crippen LogP contribution in [0.15, 0.2) is 35.1 Å². The quantitative estimate of drug-likeness (QED) is 0.464. The summed E-state index contributed by atoms with van der Waals surface area (Å²) in [7, 11) is 0. The summed E-state index contributed by atoms with van der Waals surface area (Å²) >= 11 is 0. The summed E-state index contributed by atoms with van der Waals surface area (Å²) in [6.07, 6.45) is -3.55. The SMILES string of the molecule is O=C(Nc1c(-c2cc(F)ccc2F)ncnc1C1CCC(F)(F)CO1)c1cc(OCC(F)F)no1. The maximum absolute atomic E-state index is 14.5. The molecule has 14 heteroatoms. The van der Waals surface area contributed by atoms with Crippen LogP contribution in [0.2, 0.25) is 0 Å². The number of rotatable bonds is 7. The number of carbonyl (C=O) groups excluding carboxylic acids is 1. The predicted octanol–water partition coefficient (Wildman–Crippen LogP) is 4.79. The minimum atomic E-state index is -3.06. The van der Waals surface area contributed by atoms with Crippen molar-refractivity contribution in [1.82, 2.24) is 15.1 Å². The molecule has 8 nitrogen and oxygen atoms in total. The molecule has 0 radical (unpaired) electrons. The van der Waals surface area contributed by atoms with Crippen LogP contribution in [0.25, 0.3) is 11.3 Å². The van der Waals surface area contributed by atoms with Gasteiger partial charge in [0.25, 0.3) is 24.1 Å². The Bertz CT molecular complexity index is 1210. The van der Waals surface area contributed by atoms with E-state index in [9.17, 15) is 31.1 Å². The fourth-order valence-corrected chi connectivity index (χ4v) is 3.34. The molecular weight excluding hydrogens is 486 g/mol. The molecule has 35 heavy (non-hydrogen) atoms. The van der Waals surface area contributed by atoms with Crippen LogP contribution >= 0.6 is 0 Å². The van der Waals surface area contributed by atoms with Crippen LogP contribution < -0.4 is 10.1 Å². The Morgan fingerprint density at radius 2 is 2.03 bits per heavy atom. The zero-order valence-electron chi connectivity index (χ0n) is 17.6. The number of benzene rings is 1. The average Bonchev–Trinajstić information content (AvgIpc) is 3.29. The number of aromatic nitrogens is 3. The van der Waals surface area contributed by atoms with Gasteiger partial charge in [-0.15, -0.1) is 0 Å². The van der Waals surface area contributed by atoms with Gasteiger partial charge in [-0.25, -0.2) is 36.3 Å². The molecule has 1 aliphatic heterocycles. The van der Waals surface area contributed by atoms with Crippen molar-refractivity contribution >= 4 is 11.6 Å². The first-order valence-electron chi connectivity index (χ1n) is 10.1. The zero-order valence-corrected chi connectivity index (χ0v) is 17.6. The molecule has 1 amide bonds. The number of nitrogens with zero attached hydrogens (tertiary/aromatic N) is 3. The second-order valence-corrected chi connectivity index (χ2v) is 7.49. The zero-order chi connectivity index (χ0) is 25.2. The van der Waals surface area contributed by atoms with E-state index in [1.807, 2.05) is 0 Å². The largest absolute Gasteiger partial charge is 0.469 e. The molecule has 0 saturated carbocycles. The summed E-state index contributed by atoms with van der Waals surface area (Å²) in [5.41, 5.74) is -0.904. The van der Waals surface area contributed by atoms with E-state index in [1.165, 1.54) is 0 Å². The second-order valence-electron chi connectivity index (χ2n) is 7.49. The fraction of sp³-hybridized carbons (Fsp3) is 0.333. The van der Waals surface area contributed by atoms with Crippen LogP contribution in [0.1, 0.15) is 35.2 Å². The number of anilines is 1. The molecule has 3 heterocycles. The van der Waals surface area contributed by atoms with Crippen molar-refractivity contribution in [2.45, 2.75) is 31.3 Å². The molecule has 0 bridgehead atoms. The summed E-state index contributed by atoms with van der Waals surface area (Å²) in [5.74, 6) is -6.62. The molecular formula is C21H16F6N4O4. The van der Waals surface area contributed by atoms with Crippen molar-refractivity contribution < 1.29 is 45.1 Å². The molecule has 1 N–H and O–H groups in total. The van der Waals surface area contributed by atoms with Crippen molar-refractivity contribution in [3.8, 4) is 17.1 Å². The summed E-state index contributed by atoms with van der Waals surface area (Å²) < 4.78 is 94.9. The van der Waals surface area contributed by atoms with Gasteiger partial charge < -0.3 is 19.3 Å². The number of halogens is 6. The molecule has 1 aromatic carbocycles. The normalized spacial score (nSPS) is 17.4. The molecule has 1 unspecified atom stereocenters. The van der Waals surface area contributed by atoms with Crippen LogP contribution in [0.4, 0.5) is 32.0 Å². The van der Waals surface area contributed by atoms with Gasteiger partial charge >= 0.3 is 0 Å². The third-order valence-corrected chi connectivity index (χ3v) is 4.94. The van der Waals surface area contributed by atoms with E-state index in [1.54, 1.807) is 0 Å². The molecule has 1 atom stereocenters. The van der Waals surface area contributed by atoms with Crippen LogP contribution in [-0.2, 0) is 4.74 Å². The number of carbonyl (C=O) groups is 1. The Morgan fingerprint density at radius 1 is 1.23 bits per heavy atom. The van der Waals surface area contributed by atoms with E-state index in [2.05, 4.69) is 25.2 Å². The lowest BCUT2D eigenvalue weighted by atomic mass is 10.00. The molecule has 0 aliphatic carbocycles. The van der Waals surface area contributed by atoms with Gasteiger partial charge in [0, 0.05) is 12.0 Å². The van der Waals surface area contributed by atoms with Crippen LogP contribution in [0, 0.1) is 11.6 Å². The maximum Gasteiger partial charge on any atom is 0.294 e. The minimum absolute atomic E-state index is 0.0591. The highest BCUT2D eigenvalue weighted by Gasteiger charge is 2.38. The van der Waals surface area contributed by atoms with E-state index in [4.69, 9.17) is 9.26 Å². The van der Waals surface area contributed by atoms with Crippen molar-refractivity contribution in [3.05, 3.63) is 53.7 Å². The standard InChI is InChI=1S/C21H16F6N4O4/c22-10-1-2-12(23)11(5-10)17-19(18(29-9-28-17)13-3-4-21(26,27)8-34-13)30-20(32)14-6-16(31-35-14)33-7-15(24)25/h1-2,5-6,9,13,15H,3-4,7-8H2,(H,30,32). The van der Waals surface area contributed by atoms with Gasteiger partial charge in [-0.2, -0.15) is 0 Å². The van der Waals surface area contributed by atoms with Gasteiger partial charge in [0.15, 0.2) is 6.61 Å². The van der Waals surface area contributed by atoms with Gasteiger partial charge in [0.05, 0.1) is 17.4 Å². The summed E-state index contributed by atoms with van der Waals surface area (Å²) in [6.45, 7) is -1.90. The predicted molar refractivity (Wildman–Crippen MR) is 106 cm³/mol. The Balaban J connectivity index is 1.70. The third kappa shape index (κ3) is 5.70. The number of ether oxygens (including phenoxy) is 2. The van der Waals surface area contributed by atoms with E-state index in [-0.39, 0.29) is 29.1 Å². The fourth-order valence-electron chi connectivity index (χ4n) is 3.34. The molecule has 0 spiro atoms. The number of alkyl halides is 4. The molecule has 1 fully saturated rings. The Morgan fingerprint density at radius 3 is 2.74 bits per heavy atom. The van der Waals surface area contributed by atoms with Gasteiger partial charge in [-0.3, -0.25) is 4.79 Å². The first-order chi connectivity index (χ1) is 16.6. The van der Waals surface area contributed by atoms with Gasteiger partial charge in [-0.05, 0) is 29.8 Å². The Kier molecular flexibility index (Phi) is 6.91. The number of hydrogen-bond donors (Lipinski definition) is 1. The molecule has 4 rings (SSSR count). The van der Waals surface area contributed by atoms with Crippen molar-refractivity contribution in [2.24, 2.45) is 0 Å². The molecule has 1 aliphatic rings. The molecule has 1 saturated heterocycles. The maximum atomic E-state index is 14.5. The van der Waals surface area contributed by atoms with Crippen LogP contribution in [0.5, 0.6) is 5.88 Å². The highest BCUT2D eigenvalue weighted by molar-refractivity contribution is 6.04. The summed E-state index contributed by atoms with van der Waals surface area (Å²) in [4.78, 5) is 20.8. The molecule has 2 aromatic heterocycles. The number of nitrogens with one attached hydrogen (secondary N) is 1. The van der Waals surface area contributed by atoms with Crippen LogP contribution in [0.3, 0.4) is 0 Å². The van der Waals surface area contributed by atoms with Gasteiger partial charge in [0.2, 0.25) is 5.76 Å². The van der Waals surface area contributed by atoms with E-state index >= 15 is 0 Å².